The Morgan fingerprint density at radius 1 is 0.510 bits per heavy atom. The van der Waals surface area contributed by atoms with Gasteiger partial charge in [-0.3, -0.25) is 0 Å². The minimum atomic E-state index is 0.709. The summed E-state index contributed by atoms with van der Waals surface area (Å²) in [7, 11) is 0. The molecule has 0 aromatic carbocycles. The van der Waals surface area contributed by atoms with E-state index in [9.17, 15) is 0 Å². The monoisotopic (exact) mass is 683 g/mol. The third-order valence-electron chi connectivity index (χ3n) is 11.4. The molecule has 49 heavy (non-hydrogen) atoms. The van der Waals surface area contributed by atoms with Crippen LogP contribution in [0.1, 0.15) is 222 Å². The molecule has 2 heteroatoms. The summed E-state index contributed by atoms with van der Waals surface area (Å²) in [6.45, 7) is 29.6. The van der Waals surface area contributed by atoms with Crippen molar-refractivity contribution in [1.29, 1.82) is 5.26 Å². The van der Waals surface area contributed by atoms with Gasteiger partial charge in [0.2, 0.25) is 0 Å². The SMILES string of the molecule is C=C(CCCCCC(C)CN(CCCCCC#N)CC(C)CCCCCC(=C)C(CCCC)CC(C)CCC)C(CCCC)CCCCC. The summed E-state index contributed by atoms with van der Waals surface area (Å²) in [4.78, 5) is 2.79. The molecule has 0 spiro atoms. The van der Waals surface area contributed by atoms with Crippen LogP contribution in [0.5, 0.6) is 0 Å². The maximum absolute atomic E-state index is 8.97. The molecule has 0 rings (SSSR count). The molecule has 0 saturated carbocycles. The first-order valence-corrected chi connectivity index (χ1v) is 22.2. The highest BCUT2D eigenvalue weighted by Gasteiger charge is 2.17. The molecule has 5 atom stereocenters. The van der Waals surface area contributed by atoms with Gasteiger partial charge in [-0.25, -0.2) is 0 Å². The van der Waals surface area contributed by atoms with Crippen molar-refractivity contribution in [3.05, 3.63) is 24.3 Å². The second-order valence-electron chi connectivity index (χ2n) is 16.8. The van der Waals surface area contributed by atoms with Crippen molar-refractivity contribution in [2.24, 2.45) is 29.6 Å². The largest absolute Gasteiger partial charge is 0.303 e. The van der Waals surface area contributed by atoms with Crippen LogP contribution in [0.25, 0.3) is 0 Å². The van der Waals surface area contributed by atoms with Crippen LogP contribution in [0, 0.1) is 40.9 Å². The quantitative estimate of drug-likeness (QED) is 0.0482. The summed E-state index contributed by atoms with van der Waals surface area (Å²) in [5, 5.41) is 8.97. The molecule has 0 N–H and O–H groups in total. The lowest BCUT2D eigenvalue weighted by Gasteiger charge is -2.29. The second-order valence-corrected chi connectivity index (χ2v) is 16.8. The average Bonchev–Trinajstić information content (AvgIpc) is 3.07. The standard InChI is InChI=1S/C47H90N2/c1-10-14-21-35-46(33-15-11-2)44(8)31-24-19-22-29-42(6)39-49(37-27-18-17-26-36-48)40-43(7)30-23-20-25-32-45(9)47(34-16-12-3)38-41(5)28-13-4/h41-43,46-47H,8-35,37-40H2,1-7H3. The van der Waals surface area contributed by atoms with Crippen molar-refractivity contribution in [2.45, 2.75) is 222 Å². The van der Waals surface area contributed by atoms with Crippen molar-refractivity contribution in [1.82, 2.24) is 4.90 Å². The molecule has 0 aliphatic heterocycles. The van der Waals surface area contributed by atoms with Gasteiger partial charge in [0.05, 0.1) is 6.07 Å². The predicted octanol–water partition coefficient (Wildman–Crippen LogP) is 15.7. The summed E-state index contributed by atoms with van der Waals surface area (Å²) < 4.78 is 0. The van der Waals surface area contributed by atoms with Crippen molar-refractivity contribution in [2.75, 3.05) is 19.6 Å². The molecule has 0 aliphatic carbocycles. The highest BCUT2D eigenvalue weighted by Crippen LogP contribution is 2.30. The number of allylic oxidation sites excluding steroid dienone is 2. The van der Waals surface area contributed by atoms with E-state index in [2.05, 4.69) is 72.6 Å². The Labute approximate surface area is 310 Å². The molecular weight excluding hydrogens is 593 g/mol. The fourth-order valence-electron chi connectivity index (χ4n) is 8.17. The first kappa shape index (κ1) is 47.9. The van der Waals surface area contributed by atoms with Gasteiger partial charge in [0.25, 0.3) is 0 Å². The van der Waals surface area contributed by atoms with E-state index < -0.39 is 0 Å². The van der Waals surface area contributed by atoms with Crippen molar-refractivity contribution in [3.63, 3.8) is 0 Å². The smallest absolute Gasteiger partial charge is 0.0621 e. The van der Waals surface area contributed by atoms with Crippen LogP contribution in [0.4, 0.5) is 0 Å². The van der Waals surface area contributed by atoms with Crippen LogP contribution >= 0.6 is 0 Å². The third-order valence-corrected chi connectivity index (χ3v) is 11.4. The predicted molar refractivity (Wildman–Crippen MR) is 222 cm³/mol. The van der Waals surface area contributed by atoms with Gasteiger partial charge in [-0.2, -0.15) is 5.26 Å². The Kier molecular flexibility index (Phi) is 33.3. The van der Waals surface area contributed by atoms with Crippen LogP contribution in [-0.4, -0.2) is 24.5 Å². The van der Waals surface area contributed by atoms with Gasteiger partial charge in [0.1, 0.15) is 0 Å². The maximum atomic E-state index is 8.97. The summed E-state index contributed by atoms with van der Waals surface area (Å²) in [6, 6.07) is 2.33. The Morgan fingerprint density at radius 3 is 1.53 bits per heavy atom. The van der Waals surface area contributed by atoms with E-state index in [1.54, 1.807) is 11.1 Å². The molecule has 0 saturated heterocycles. The first-order valence-electron chi connectivity index (χ1n) is 22.2. The van der Waals surface area contributed by atoms with E-state index >= 15 is 0 Å². The van der Waals surface area contributed by atoms with Gasteiger partial charge in [-0.05, 0) is 113 Å². The van der Waals surface area contributed by atoms with Gasteiger partial charge < -0.3 is 4.90 Å². The lowest BCUT2D eigenvalue weighted by Crippen LogP contribution is -2.33. The van der Waals surface area contributed by atoms with E-state index in [1.807, 2.05) is 0 Å². The molecule has 0 aromatic rings. The average molecular weight is 683 g/mol. The minimum Gasteiger partial charge on any atom is -0.303 e. The first-order chi connectivity index (χ1) is 23.7. The Balaban J connectivity index is 4.65. The van der Waals surface area contributed by atoms with Gasteiger partial charge in [-0.1, -0.05) is 163 Å². The molecule has 0 aliphatic rings. The Bertz CT molecular complexity index is 792. The number of hydrogen-bond donors (Lipinski definition) is 0. The fourth-order valence-corrected chi connectivity index (χ4v) is 8.17. The zero-order chi connectivity index (χ0) is 36.5. The van der Waals surface area contributed by atoms with E-state index in [0.29, 0.717) is 6.42 Å². The highest BCUT2D eigenvalue weighted by molar-refractivity contribution is 5.01. The normalized spacial score (nSPS) is 14.8. The van der Waals surface area contributed by atoms with Gasteiger partial charge in [-0.15, -0.1) is 0 Å². The van der Waals surface area contributed by atoms with Crippen LogP contribution in [0.3, 0.4) is 0 Å². The van der Waals surface area contributed by atoms with Crippen molar-refractivity contribution >= 4 is 0 Å². The molecule has 0 radical (unpaired) electrons. The van der Waals surface area contributed by atoms with E-state index in [4.69, 9.17) is 5.26 Å². The number of nitriles is 1. The number of hydrogen-bond acceptors (Lipinski definition) is 2. The van der Waals surface area contributed by atoms with Crippen LogP contribution < -0.4 is 0 Å². The van der Waals surface area contributed by atoms with E-state index in [0.717, 1.165) is 36.0 Å². The number of unbranched alkanes of at least 4 members (excludes halogenated alkanes) is 11. The summed E-state index contributed by atoms with van der Waals surface area (Å²) >= 11 is 0. The van der Waals surface area contributed by atoms with Crippen LogP contribution in [0.15, 0.2) is 24.3 Å². The summed E-state index contributed by atoms with van der Waals surface area (Å²) in [5.74, 6) is 3.85. The Hall–Kier alpha value is -1.07. The lowest BCUT2D eigenvalue weighted by atomic mass is 9.83. The third kappa shape index (κ3) is 28.2. The molecule has 0 bridgehead atoms. The maximum Gasteiger partial charge on any atom is 0.0621 e. The topological polar surface area (TPSA) is 27.0 Å². The van der Waals surface area contributed by atoms with Crippen LogP contribution in [-0.2, 0) is 0 Å². The molecular formula is C47H90N2. The number of nitrogens with zero attached hydrogens (tertiary/aromatic N) is 2. The molecule has 2 nitrogen and oxygen atoms in total. The van der Waals surface area contributed by atoms with E-state index in [1.165, 1.54) is 180 Å². The second kappa shape index (κ2) is 34.0. The lowest BCUT2D eigenvalue weighted by molar-refractivity contribution is 0.193. The zero-order valence-corrected chi connectivity index (χ0v) is 34.9. The molecule has 0 fully saturated rings. The molecule has 288 valence electrons. The summed E-state index contributed by atoms with van der Waals surface area (Å²) in [5.41, 5.74) is 3.09. The van der Waals surface area contributed by atoms with E-state index in [-0.39, 0.29) is 0 Å². The van der Waals surface area contributed by atoms with Crippen molar-refractivity contribution in [3.8, 4) is 6.07 Å². The summed E-state index contributed by atoms with van der Waals surface area (Å²) in [6.07, 6.45) is 34.9. The molecule has 5 unspecified atom stereocenters. The van der Waals surface area contributed by atoms with Crippen LogP contribution in [0.2, 0.25) is 0 Å². The minimum absolute atomic E-state index is 0.709. The molecule has 0 aromatic heterocycles. The van der Waals surface area contributed by atoms with Gasteiger partial charge >= 0.3 is 0 Å². The van der Waals surface area contributed by atoms with Gasteiger partial charge in [0.15, 0.2) is 0 Å². The zero-order valence-electron chi connectivity index (χ0n) is 34.9. The Morgan fingerprint density at radius 2 is 1.00 bits per heavy atom. The number of rotatable bonds is 37. The highest BCUT2D eigenvalue weighted by atomic mass is 15.1. The van der Waals surface area contributed by atoms with Crippen molar-refractivity contribution < 1.29 is 0 Å². The van der Waals surface area contributed by atoms with Gasteiger partial charge in [0, 0.05) is 19.5 Å². The fraction of sp³-hybridized carbons (Fsp3) is 0.894. The molecule has 0 amide bonds. The molecule has 0 heterocycles.